The number of halogens is 1. The first-order valence-electron chi connectivity index (χ1n) is 6.97. The van der Waals surface area contributed by atoms with E-state index in [4.69, 9.17) is 0 Å². The monoisotopic (exact) mass is 330 g/mol. The van der Waals surface area contributed by atoms with Crippen molar-refractivity contribution < 1.29 is 0 Å². The van der Waals surface area contributed by atoms with Gasteiger partial charge in [0.1, 0.15) is 0 Å². The SMILES string of the molecule is CCCCN(CCNCc1cc(Br)cs1)C1CC1. The molecule has 0 amide bonds. The minimum absolute atomic E-state index is 0.897. The Morgan fingerprint density at radius 1 is 1.44 bits per heavy atom. The normalized spacial score (nSPS) is 15.5. The molecule has 0 aromatic carbocycles. The van der Waals surface area contributed by atoms with Crippen LogP contribution in [0.5, 0.6) is 0 Å². The third-order valence-corrected chi connectivity index (χ3v) is 5.06. The molecule has 1 N–H and O–H groups in total. The maximum atomic E-state index is 3.55. The Balaban J connectivity index is 1.60. The zero-order valence-electron chi connectivity index (χ0n) is 11.1. The first kappa shape index (κ1) is 14.5. The van der Waals surface area contributed by atoms with E-state index in [1.807, 2.05) is 11.3 Å². The molecule has 102 valence electrons. The summed E-state index contributed by atoms with van der Waals surface area (Å²) in [6.07, 6.45) is 5.48. The lowest BCUT2D eigenvalue weighted by atomic mass is 10.3. The van der Waals surface area contributed by atoms with E-state index in [0.717, 1.165) is 19.1 Å². The second-order valence-electron chi connectivity index (χ2n) is 5.03. The average Bonchev–Trinajstić information content (AvgIpc) is 3.12. The Morgan fingerprint density at radius 3 is 2.89 bits per heavy atom. The molecule has 2 nitrogen and oxygen atoms in total. The minimum atomic E-state index is 0.897. The highest BCUT2D eigenvalue weighted by molar-refractivity contribution is 9.10. The predicted octanol–water partition coefficient (Wildman–Crippen LogP) is 3.86. The molecule has 1 aliphatic rings. The van der Waals surface area contributed by atoms with Crippen molar-refractivity contribution in [3.05, 3.63) is 20.8 Å². The quantitative estimate of drug-likeness (QED) is 0.691. The Bertz CT molecular complexity index is 349. The molecule has 1 fully saturated rings. The van der Waals surface area contributed by atoms with Gasteiger partial charge in [0, 0.05) is 40.4 Å². The summed E-state index contributed by atoms with van der Waals surface area (Å²) in [5, 5.41) is 5.70. The second-order valence-corrected chi connectivity index (χ2v) is 6.94. The van der Waals surface area contributed by atoms with Crippen LogP contribution in [0.1, 0.15) is 37.5 Å². The summed E-state index contributed by atoms with van der Waals surface area (Å²) in [5.74, 6) is 0. The molecule has 1 saturated carbocycles. The number of rotatable bonds is 9. The van der Waals surface area contributed by atoms with Crippen molar-refractivity contribution in [2.45, 2.75) is 45.2 Å². The van der Waals surface area contributed by atoms with E-state index in [1.54, 1.807) is 0 Å². The molecule has 0 bridgehead atoms. The van der Waals surface area contributed by atoms with Gasteiger partial charge in [-0.05, 0) is 47.8 Å². The van der Waals surface area contributed by atoms with Crippen molar-refractivity contribution in [1.29, 1.82) is 0 Å². The minimum Gasteiger partial charge on any atom is -0.311 e. The van der Waals surface area contributed by atoms with Crippen LogP contribution in [0, 0.1) is 0 Å². The van der Waals surface area contributed by atoms with Gasteiger partial charge in [0.25, 0.3) is 0 Å². The number of nitrogens with one attached hydrogen (secondary N) is 1. The van der Waals surface area contributed by atoms with E-state index in [0.29, 0.717) is 0 Å². The average molecular weight is 331 g/mol. The van der Waals surface area contributed by atoms with Gasteiger partial charge < -0.3 is 5.32 Å². The molecule has 1 aromatic heterocycles. The highest BCUT2D eigenvalue weighted by Crippen LogP contribution is 2.26. The topological polar surface area (TPSA) is 15.3 Å². The van der Waals surface area contributed by atoms with Gasteiger partial charge in [-0.3, -0.25) is 4.90 Å². The number of nitrogens with zero attached hydrogens (tertiary/aromatic N) is 1. The van der Waals surface area contributed by atoms with E-state index in [9.17, 15) is 0 Å². The van der Waals surface area contributed by atoms with Gasteiger partial charge in [0.15, 0.2) is 0 Å². The summed E-state index contributed by atoms with van der Waals surface area (Å²) in [7, 11) is 0. The molecule has 18 heavy (non-hydrogen) atoms. The smallest absolute Gasteiger partial charge is 0.0300 e. The molecule has 2 rings (SSSR count). The Labute approximate surface area is 123 Å². The Hall–Kier alpha value is 0.1000. The largest absolute Gasteiger partial charge is 0.311 e. The van der Waals surface area contributed by atoms with Crippen LogP contribution < -0.4 is 5.32 Å². The number of unbranched alkanes of at least 4 members (excludes halogenated alkanes) is 1. The van der Waals surface area contributed by atoms with Crippen LogP contribution in [-0.4, -0.2) is 30.6 Å². The van der Waals surface area contributed by atoms with E-state index in [2.05, 4.69) is 44.5 Å². The lowest BCUT2D eigenvalue weighted by molar-refractivity contribution is 0.259. The number of hydrogen-bond acceptors (Lipinski definition) is 3. The molecule has 0 saturated heterocycles. The van der Waals surface area contributed by atoms with Crippen LogP contribution in [0.3, 0.4) is 0 Å². The van der Waals surface area contributed by atoms with Crippen LogP contribution in [0.4, 0.5) is 0 Å². The van der Waals surface area contributed by atoms with Crippen LogP contribution >= 0.6 is 27.3 Å². The number of thiophene rings is 1. The van der Waals surface area contributed by atoms with Crippen molar-refractivity contribution in [2.75, 3.05) is 19.6 Å². The highest BCUT2D eigenvalue weighted by Gasteiger charge is 2.27. The fourth-order valence-electron chi connectivity index (χ4n) is 2.16. The summed E-state index contributed by atoms with van der Waals surface area (Å²) < 4.78 is 1.20. The molecule has 0 atom stereocenters. The fourth-order valence-corrected chi connectivity index (χ4v) is 3.58. The van der Waals surface area contributed by atoms with Gasteiger partial charge in [-0.1, -0.05) is 13.3 Å². The lowest BCUT2D eigenvalue weighted by Gasteiger charge is -2.21. The van der Waals surface area contributed by atoms with E-state index in [-0.39, 0.29) is 0 Å². The lowest BCUT2D eigenvalue weighted by Crippen LogP contribution is -2.34. The molecular weight excluding hydrogens is 308 g/mol. The first-order chi connectivity index (χ1) is 8.79. The fraction of sp³-hybridized carbons (Fsp3) is 0.714. The van der Waals surface area contributed by atoms with Crippen molar-refractivity contribution in [3.8, 4) is 0 Å². The van der Waals surface area contributed by atoms with Crippen LogP contribution in [0.2, 0.25) is 0 Å². The summed E-state index contributed by atoms with van der Waals surface area (Å²) in [6.45, 7) is 6.88. The molecule has 1 aliphatic carbocycles. The van der Waals surface area contributed by atoms with Crippen molar-refractivity contribution >= 4 is 27.3 Å². The van der Waals surface area contributed by atoms with Gasteiger partial charge in [-0.25, -0.2) is 0 Å². The zero-order valence-corrected chi connectivity index (χ0v) is 13.5. The molecule has 4 heteroatoms. The number of hydrogen-bond donors (Lipinski definition) is 1. The molecule has 0 unspecified atom stereocenters. The molecule has 0 spiro atoms. The summed E-state index contributed by atoms with van der Waals surface area (Å²) in [4.78, 5) is 4.08. The first-order valence-corrected chi connectivity index (χ1v) is 8.64. The highest BCUT2D eigenvalue weighted by atomic mass is 79.9. The molecular formula is C14H23BrN2S. The third kappa shape index (κ3) is 5.00. The van der Waals surface area contributed by atoms with Gasteiger partial charge in [0.2, 0.25) is 0 Å². The van der Waals surface area contributed by atoms with E-state index >= 15 is 0 Å². The van der Waals surface area contributed by atoms with Gasteiger partial charge in [-0.2, -0.15) is 0 Å². The van der Waals surface area contributed by atoms with Crippen LogP contribution in [-0.2, 0) is 6.54 Å². The summed E-state index contributed by atoms with van der Waals surface area (Å²) in [5.41, 5.74) is 0. The molecule has 1 aromatic rings. The van der Waals surface area contributed by atoms with Crippen molar-refractivity contribution in [2.24, 2.45) is 0 Å². The summed E-state index contributed by atoms with van der Waals surface area (Å²) in [6, 6.07) is 3.10. The van der Waals surface area contributed by atoms with Crippen molar-refractivity contribution in [1.82, 2.24) is 10.2 Å². The van der Waals surface area contributed by atoms with Gasteiger partial charge in [0.05, 0.1) is 0 Å². The zero-order chi connectivity index (χ0) is 12.8. The molecule has 1 heterocycles. The third-order valence-electron chi connectivity index (χ3n) is 3.36. The Kier molecular flexibility index (Phi) is 6.15. The standard InChI is InChI=1S/C14H23BrN2S/c1-2-3-7-17(13-4-5-13)8-6-16-10-14-9-12(15)11-18-14/h9,11,13,16H,2-8,10H2,1H3. The van der Waals surface area contributed by atoms with E-state index < -0.39 is 0 Å². The summed E-state index contributed by atoms with van der Waals surface area (Å²) >= 11 is 5.31. The molecule has 0 aliphatic heterocycles. The predicted molar refractivity (Wildman–Crippen MR) is 83.2 cm³/mol. The Morgan fingerprint density at radius 2 is 2.28 bits per heavy atom. The van der Waals surface area contributed by atoms with Crippen molar-refractivity contribution in [3.63, 3.8) is 0 Å². The maximum absolute atomic E-state index is 3.55. The van der Waals surface area contributed by atoms with E-state index in [1.165, 1.54) is 48.1 Å². The van der Waals surface area contributed by atoms with Gasteiger partial charge >= 0.3 is 0 Å². The van der Waals surface area contributed by atoms with Crippen LogP contribution in [0.15, 0.2) is 15.9 Å². The molecule has 0 radical (unpaired) electrons. The second kappa shape index (κ2) is 7.63. The maximum Gasteiger partial charge on any atom is 0.0300 e. The van der Waals surface area contributed by atoms with Crippen LogP contribution in [0.25, 0.3) is 0 Å². The van der Waals surface area contributed by atoms with Gasteiger partial charge in [-0.15, -0.1) is 11.3 Å².